The molecule has 2 aromatic carbocycles. The summed E-state index contributed by atoms with van der Waals surface area (Å²) in [4.78, 5) is 55.2. The van der Waals surface area contributed by atoms with E-state index in [1.54, 1.807) is 49.5 Å². The summed E-state index contributed by atoms with van der Waals surface area (Å²) in [7, 11) is 4.71. The van der Waals surface area contributed by atoms with Gasteiger partial charge in [-0.15, -0.1) is 11.3 Å². The Bertz CT molecular complexity index is 1850. The number of nitrogens with one attached hydrogen (secondary N) is 1. The standard InChI is InChI=1S/C34H33ClFN7O4S/c1-40(2)32(44)22-8-6-21(7-9-22)5-4-13-42-19-24-18-41(14-15-43(24)34(42)46)20-27-28(33(45)47-3)29(25-11-10-23(36)17-26(25)35)39-30(38-27)31-37-12-16-48-31/h6-12,16-17,24,29H,13-15,18-20H2,1-3H3,(H,38,39)/t24-,29-/m0/s1. The molecule has 2 saturated heterocycles. The molecule has 0 spiro atoms. The highest BCUT2D eigenvalue weighted by atomic mass is 35.5. The van der Waals surface area contributed by atoms with Gasteiger partial charge in [-0.3, -0.25) is 14.7 Å². The molecule has 2 atom stereocenters. The molecule has 4 heterocycles. The first kappa shape index (κ1) is 33.1. The second-order valence-corrected chi connectivity index (χ2v) is 13.0. The number of methoxy groups -OCH3 is 1. The first-order valence-corrected chi connectivity index (χ1v) is 16.5. The highest BCUT2D eigenvalue weighted by Gasteiger charge is 2.41. The van der Waals surface area contributed by atoms with Gasteiger partial charge in [0.1, 0.15) is 11.9 Å². The molecule has 11 nitrogen and oxygen atoms in total. The summed E-state index contributed by atoms with van der Waals surface area (Å²) >= 11 is 7.87. The molecule has 0 aliphatic carbocycles. The van der Waals surface area contributed by atoms with E-state index in [1.807, 2.05) is 10.3 Å². The van der Waals surface area contributed by atoms with Crippen molar-refractivity contribution < 1.29 is 23.5 Å². The van der Waals surface area contributed by atoms with Gasteiger partial charge in [0, 0.05) is 85.8 Å². The normalized spacial score (nSPS) is 19.3. The summed E-state index contributed by atoms with van der Waals surface area (Å²) in [6.07, 6.45) is 1.67. The molecule has 48 heavy (non-hydrogen) atoms. The zero-order chi connectivity index (χ0) is 33.9. The first-order chi connectivity index (χ1) is 23.1. The van der Waals surface area contributed by atoms with Gasteiger partial charge < -0.3 is 24.8 Å². The molecular formula is C34H33ClFN7O4S. The molecule has 3 aliphatic rings. The lowest BCUT2D eigenvalue weighted by Crippen LogP contribution is -2.53. The van der Waals surface area contributed by atoms with Crippen LogP contribution in [-0.2, 0) is 9.53 Å². The minimum absolute atomic E-state index is 0.0599. The Labute approximate surface area is 286 Å². The molecule has 6 rings (SSSR count). The number of amides is 3. The fourth-order valence-electron chi connectivity index (χ4n) is 6.00. The average Bonchev–Trinajstić information content (AvgIpc) is 3.72. The van der Waals surface area contributed by atoms with Crippen molar-refractivity contribution in [2.75, 3.05) is 60.5 Å². The number of fused-ring (bicyclic) bond motifs is 1. The fraction of sp³-hybridized carbons (Fsp3) is 0.324. The number of benzene rings is 2. The molecule has 2 fully saturated rings. The number of ether oxygens (including phenoxy) is 1. The predicted molar refractivity (Wildman–Crippen MR) is 180 cm³/mol. The number of piperazine rings is 1. The Balaban J connectivity index is 1.18. The zero-order valence-corrected chi connectivity index (χ0v) is 28.1. The quantitative estimate of drug-likeness (QED) is 0.298. The van der Waals surface area contributed by atoms with Crippen LogP contribution in [0, 0.1) is 17.7 Å². The van der Waals surface area contributed by atoms with Crippen LogP contribution in [0.2, 0.25) is 5.02 Å². The number of carbonyl (C=O) groups excluding carboxylic acids is 3. The van der Waals surface area contributed by atoms with E-state index in [-0.39, 0.29) is 35.1 Å². The number of urea groups is 1. The summed E-state index contributed by atoms with van der Waals surface area (Å²) in [6, 6.07) is 10.1. The Morgan fingerprint density at radius 2 is 1.96 bits per heavy atom. The summed E-state index contributed by atoms with van der Waals surface area (Å²) in [5.74, 6) is 5.50. The lowest BCUT2D eigenvalue weighted by atomic mass is 9.95. The maximum atomic E-state index is 14.0. The molecule has 3 amide bonds. The van der Waals surface area contributed by atoms with Crippen LogP contribution in [0.4, 0.5) is 9.18 Å². The number of nitrogens with zero attached hydrogens (tertiary/aromatic N) is 6. The van der Waals surface area contributed by atoms with Crippen molar-refractivity contribution in [3.05, 3.63) is 97.8 Å². The number of aliphatic imine (C=N–C) groups is 1. The number of halogens is 2. The van der Waals surface area contributed by atoms with Crippen molar-refractivity contribution in [3.8, 4) is 11.8 Å². The van der Waals surface area contributed by atoms with Crippen LogP contribution in [0.15, 0.2) is 70.3 Å². The van der Waals surface area contributed by atoms with Crippen LogP contribution >= 0.6 is 22.9 Å². The third kappa shape index (κ3) is 6.92. The highest BCUT2D eigenvalue weighted by Crippen LogP contribution is 2.37. The van der Waals surface area contributed by atoms with Crippen molar-refractivity contribution in [1.82, 2.24) is 29.9 Å². The molecule has 0 bridgehead atoms. The number of carbonyl (C=O) groups is 3. The van der Waals surface area contributed by atoms with Crippen LogP contribution in [0.5, 0.6) is 0 Å². The Morgan fingerprint density at radius 1 is 1.17 bits per heavy atom. The van der Waals surface area contributed by atoms with E-state index in [0.717, 1.165) is 5.56 Å². The summed E-state index contributed by atoms with van der Waals surface area (Å²) in [5.41, 5.74) is 2.66. The second kappa shape index (κ2) is 14.1. The maximum Gasteiger partial charge on any atom is 0.338 e. The number of hydrogen-bond donors (Lipinski definition) is 1. The second-order valence-electron chi connectivity index (χ2n) is 11.7. The van der Waals surface area contributed by atoms with Crippen LogP contribution in [0.3, 0.4) is 0 Å². The lowest BCUT2D eigenvalue weighted by molar-refractivity contribution is -0.136. The van der Waals surface area contributed by atoms with Crippen molar-refractivity contribution in [2.45, 2.75) is 12.1 Å². The highest BCUT2D eigenvalue weighted by molar-refractivity contribution is 7.11. The van der Waals surface area contributed by atoms with Crippen molar-refractivity contribution in [1.29, 1.82) is 0 Å². The van der Waals surface area contributed by atoms with E-state index in [1.165, 1.54) is 41.5 Å². The van der Waals surface area contributed by atoms with Crippen LogP contribution in [-0.4, -0.2) is 115 Å². The molecule has 1 N–H and O–H groups in total. The number of rotatable bonds is 7. The number of thiazole rings is 1. The first-order valence-electron chi connectivity index (χ1n) is 15.2. The van der Waals surface area contributed by atoms with Crippen LogP contribution < -0.4 is 5.32 Å². The summed E-state index contributed by atoms with van der Waals surface area (Å²) < 4.78 is 19.2. The summed E-state index contributed by atoms with van der Waals surface area (Å²) in [6.45, 7) is 2.78. The topological polar surface area (TPSA) is 111 Å². The smallest absolute Gasteiger partial charge is 0.338 e. The molecule has 248 valence electrons. The van der Waals surface area contributed by atoms with E-state index in [0.29, 0.717) is 60.4 Å². The number of amidine groups is 1. The SMILES string of the molecule is COC(=O)C1=C(CN2CCN3C(=O)N(CC#Cc4ccc(C(=O)N(C)C)cc4)C[C@@H]3C2)NC(c2nccs2)=N[C@H]1c1ccc(F)cc1Cl. The molecule has 0 unspecified atom stereocenters. The van der Waals surface area contributed by atoms with E-state index in [4.69, 9.17) is 21.3 Å². The molecule has 3 aromatic rings. The maximum absolute atomic E-state index is 14.0. The fourth-order valence-corrected chi connectivity index (χ4v) is 6.86. The third-order valence-electron chi connectivity index (χ3n) is 8.36. The van der Waals surface area contributed by atoms with Gasteiger partial charge >= 0.3 is 12.0 Å². The molecule has 1 aromatic heterocycles. The number of aromatic nitrogens is 1. The van der Waals surface area contributed by atoms with Gasteiger partial charge in [0.2, 0.25) is 0 Å². The van der Waals surface area contributed by atoms with E-state index in [9.17, 15) is 18.8 Å². The van der Waals surface area contributed by atoms with Crippen molar-refractivity contribution in [2.24, 2.45) is 4.99 Å². The largest absolute Gasteiger partial charge is 0.466 e. The van der Waals surface area contributed by atoms with E-state index < -0.39 is 17.8 Å². The van der Waals surface area contributed by atoms with Gasteiger partial charge in [0.25, 0.3) is 5.91 Å². The molecule has 0 radical (unpaired) electrons. The van der Waals surface area contributed by atoms with Gasteiger partial charge in [-0.1, -0.05) is 29.5 Å². The van der Waals surface area contributed by atoms with Crippen molar-refractivity contribution in [3.63, 3.8) is 0 Å². The minimum Gasteiger partial charge on any atom is -0.466 e. The monoisotopic (exact) mass is 689 g/mol. The van der Waals surface area contributed by atoms with E-state index in [2.05, 4.69) is 27.0 Å². The third-order valence-corrected chi connectivity index (χ3v) is 9.47. The zero-order valence-electron chi connectivity index (χ0n) is 26.6. The van der Waals surface area contributed by atoms with Gasteiger partial charge in [-0.2, -0.15) is 0 Å². The predicted octanol–water partition coefficient (Wildman–Crippen LogP) is 3.63. The molecular weight excluding hydrogens is 657 g/mol. The van der Waals surface area contributed by atoms with Gasteiger partial charge in [0.15, 0.2) is 10.8 Å². The van der Waals surface area contributed by atoms with Crippen molar-refractivity contribution >= 4 is 46.7 Å². The molecule has 0 saturated carbocycles. The minimum atomic E-state index is -0.853. The average molecular weight is 690 g/mol. The lowest BCUT2D eigenvalue weighted by Gasteiger charge is -2.38. The van der Waals surface area contributed by atoms with Crippen LogP contribution in [0.25, 0.3) is 0 Å². The Hall–Kier alpha value is -4.77. The van der Waals surface area contributed by atoms with E-state index >= 15 is 0 Å². The Kier molecular flexibility index (Phi) is 9.77. The Morgan fingerprint density at radius 3 is 2.65 bits per heavy atom. The number of esters is 1. The van der Waals surface area contributed by atoms with Crippen LogP contribution in [0.1, 0.15) is 32.5 Å². The van der Waals surface area contributed by atoms with Gasteiger partial charge in [-0.05, 0) is 36.4 Å². The summed E-state index contributed by atoms with van der Waals surface area (Å²) in [5, 5.41) is 5.92. The van der Waals surface area contributed by atoms with Gasteiger partial charge in [-0.25, -0.2) is 19.0 Å². The number of hydrogen-bond acceptors (Lipinski definition) is 9. The molecule has 3 aliphatic heterocycles. The molecule has 14 heteroatoms. The van der Waals surface area contributed by atoms with Gasteiger partial charge in [0.05, 0.1) is 25.3 Å².